The molecule has 3 nitrogen and oxygen atoms in total. The zero-order valence-electron chi connectivity index (χ0n) is 14.3. The number of aromatic nitrogens is 1. The van der Waals surface area contributed by atoms with Crippen molar-refractivity contribution in [2.75, 3.05) is 0 Å². The minimum absolute atomic E-state index is 0.220. The molecule has 0 saturated carbocycles. The maximum atomic E-state index is 12.2. The number of para-hydroxylation sites is 1. The normalized spacial score (nSPS) is 10.8. The molecule has 3 aromatic carbocycles. The summed E-state index contributed by atoms with van der Waals surface area (Å²) in [6, 6.07) is 25.8. The second-order valence-corrected chi connectivity index (χ2v) is 6.22. The summed E-state index contributed by atoms with van der Waals surface area (Å²) in [4.78, 5) is 15.4. The van der Waals surface area contributed by atoms with Crippen LogP contribution in [0.4, 0.5) is 0 Å². The van der Waals surface area contributed by atoms with Crippen LogP contribution in [0.15, 0.2) is 85.1 Å². The third kappa shape index (κ3) is 3.52. The molecule has 4 aromatic rings. The summed E-state index contributed by atoms with van der Waals surface area (Å²) in [5, 5.41) is 1.16. The molecule has 0 fully saturated rings. The van der Waals surface area contributed by atoms with E-state index in [1.54, 1.807) is 0 Å². The molecule has 0 radical (unpaired) electrons. The van der Waals surface area contributed by atoms with Crippen molar-refractivity contribution in [3.8, 4) is 16.9 Å². The summed E-state index contributed by atoms with van der Waals surface area (Å²) in [5.74, 6) is 0.358. The lowest BCUT2D eigenvalue weighted by atomic mass is 10.1. The molecule has 1 heterocycles. The van der Waals surface area contributed by atoms with E-state index in [9.17, 15) is 4.79 Å². The highest BCUT2D eigenvalue weighted by atomic mass is 16.5. The van der Waals surface area contributed by atoms with Crippen molar-refractivity contribution >= 4 is 16.9 Å². The van der Waals surface area contributed by atoms with Gasteiger partial charge in [0.1, 0.15) is 5.75 Å². The van der Waals surface area contributed by atoms with Crippen molar-refractivity contribution in [2.24, 2.45) is 0 Å². The molecule has 0 spiro atoms. The molecule has 0 bridgehead atoms. The van der Waals surface area contributed by atoms with Crippen LogP contribution in [0.1, 0.15) is 12.0 Å². The first-order valence-corrected chi connectivity index (χ1v) is 8.71. The lowest BCUT2D eigenvalue weighted by Crippen LogP contribution is -2.08. The second kappa shape index (κ2) is 7.28. The van der Waals surface area contributed by atoms with Crippen LogP contribution in [0.3, 0.4) is 0 Å². The third-order valence-electron chi connectivity index (χ3n) is 4.47. The quantitative estimate of drug-likeness (QED) is 0.391. The van der Waals surface area contributed by atoms with Gasteiger partial charge in [0.05, 0.1) is 6.42 Å². The van der Waals surface area contributed by atoms with E-state index < -0.39 is 0 Å². The average molecular weight is 341 g/mol. The summed E-state index contributed by atoms with van der Waals surface area (Å²) < 4.78 is 5.47. The summed E-state index contributed by atoms with van der Waals surface area (Å²) in [6.45, 7) is 0. The Bertz CT molecular complexity index is 1020. The van der Waals surface area contributed by atoms with Gasteiger partial charge in [-0.25, -0.2) is 0 Å². The van der Waals surface area contributed by atoms with Gasteiger partial charge in [-0.2, -0.15) is 0 Å². The molecule has 1 N–H and O–H groups in total. The molecule has 0 aliphatic heterocycles. The van der Waals surface area contributed by atoms with Crippen LogP contribution in [0.5, 0.6) is 5.75 Å². The molecular weight excluding hydrogens is 322 g/mol. The Morgan fingerprint density at radius 2 is 1.50 bits per heavy atom. The molecule has 128 valence electrons. The van der Waals surface area contributed by atoms with Gasteiger partial charge in [0.15, 0.2) is 0 Å². The number of aryl methyl sites for hydroxylation is 1. The highest BCUT2D eigenvalue weighted by molar-refractivity contribution is 5.83. The topological polar surface area (TPSA) is 42.1 Å². The van der Waals surface area contributed by atoms with Crippen LogP contribution < -0.4 is 4.74 Å². The molecule has 3 heteroatoms. The number of carbonyl (C=O) groups excluding carboxylic acids is 1. The Morgan fingerprint density at radius 1 is 0.808 bits per heavy atom. The number of carbonyl (C=O) groups is 1. The van der Waals surface area contributed by atoms with Crippen molar-refractivity contribution in [1.82, 2.24) is 4.98 Å². The van der Waals surface area contributed by atoms with Gasteiger partial charge in [-0.05, 0) is 41.3 Å². The van der Waals surface area contributed by atoms with Crippen LogP contribution in [0.25, 0.3) is 22.0 Å². The van der Waals surface area contributed by atoms with E-state index in [-0.39, 0.29) is 5.97 Å². The molecule has 0 amide bonds. The predicted octanol–water partition coefficient (Wildman–Crippen LogP) is 5.37. The third-order valence-corrected chi connectivity index (χ3v) is 4.47. The van der Waals surface area contributed by atoms with Gasteiger partial charge in [0.2, 0.25) is 0 Å². The van der Waals surface area contributed by atoms with Crippen LogP contribution in [0, 0.1) is 0 Å². The summed E-state index contributed by atoms with van der Waals surface area (Å²) >= 11 is 0. The van der Waals surface area contributed by atoms with E-state index in [1.807, 2.05) is 66.9 Å². The Labute approximate surface area is 152 Å². The lowest BCUT2D eigenvalue weighted by Gasteiger charge is -2.06. The number of hydrogen-bond acceptors (Lipinski definition) is 2. The van der Waals surface area contributed by atoms with Crippen molar-refractivity contribution in [3.63, 3.8) is 0 Å². The zero-order chi connectivity index (χ0) is 17.8. The number of aromatic amines is 1. The summed E-state index contributed by atoms with van der Waals surface area (Å²) in [5.41, 5.74) is 4.47. The SMILES string of the molecule is O=C(CCc1c[nH]c2ccccc12)Oc1ccc(-c2ccccc2)cc1. The number of benzene rings is 3. The maximum Gasteiger partial charge on any atom is 0.311 e. The Morgan fingerprint density at radius 3 is 2.31 bits per heavy atom. The van der Waals surface area contributed by atoms with E-state index in [0.29, 0.717) is 18.6 Å². The monoisotopic (exact) mass is 341 g/mol. The van der Waals surface area contributed by atoms with Crippen molar-refractivity contribution in [1.29, 1.82) is 0 Å². The van der Waals surface area contributed by atoms with Crippen molar-refractivity contribution in [2.45, 2.75) is 12.8 Å². The lowest BCUT2D eigenvalue weighted by molar-refractivity contribution is -0.134. The smallest absolute Gasteiger partial charge is 0.311 e. The number of H-pyrrole nitrogens is 1. The van der Waals surface area contributed by atoms with E-state index in [4.69, 9.17) is 4.74 Å². The van der Waals surface area contributed by atoms with Crippen LogP contribution in [0.2, 0.25) is 0 Å². The molecule has 0 atom stereocenters. The summed E-state index contributed by atoms with van der Waals surface area (Å²) in [6.07, 6.45) is 2.97. The standard InChI is InChI=1S/C23H19NO2/c25-23(15-12-19-16-24-22-9-5-4-8-21(19)22)26-20-13-10-18(11-14-20)17-6-2-1-3-7-17/h1-11,13-14,16,24H,12,15H2. The van der Waals surface area contributed by atoms with Gasteiger partial charge < -0.3 is 9.72 Å². The Hall–Kier alpha value is -3.33. The molecule has 0 aliphatic rings. The fourth-order valence-electron chi connectivity index (χ4n) is 3.10. The number of rotatable bonds is 5. The van der Waals surface area contributed by atoms with Gasteiger partial charge in [0.25, 0.3) is 0 Å². The predicted molar refractivity (Wildman–Crippen MR) is 104 cm³/mol. The summed E-state index contributed by atoms with van der Waals surface area (Å²) in [7, 11) is 0. The highest BCUT2D eigenvalue weighted by Gasteiger charge is 2.09. The molecule has 1 aromatic heterocycles. The molecule has 0 saturated heterocycles. The van der Waals surface area contributed by atoms with Gasteiger partial charge in [-0.3, -0.25) is 4.79 Å². The molecular formula is C23H19NO2. The molecule has 4 rings (SSSR count). The molecule has 26 heavy (non-hydrogen) atoms. The highest BCUT2D eigenvalue weighted by Crippen LogP contribution is 2.23. The number of fused-ring (bicyclic) bond motifs is 1. The van der Waals surface area contributed by atoms with Crippen LogP contribution in [-0.2, 0) is 11.2 Å². The largest absolute Gasteiger partial charge is 0.427 e. The van der Waals surface area contributed by atoms with Gasteiger partial charge in [-0.15, -0.1) is 0 Å². The maximum absolute atomic E-state index is 12.2. The fraction of sp³-hybridized carbons (Fsp3) is 0.0870. The number of ether oxygens (including phenoxy) is 1. The first-order chi connectivity index (χ1) is 12.8. The number of nitrogens with one attached hydrogen (secondary N) is 1. The van der Waals surface area contributed by atoms with E-state index in [2.05, 4.69) is 23.2 Å². The minimum Gasteiger partial charge on any atom is -0.427 e. The molecule has 0 unspecified atom stereocenters. The second-order valence-electron chi connectivity index (χ2n) is 6.22. The first-order valence-electron chi connectivity index (χ1n) is 8.71. The van der Waals surface area contributed by atoms with E-state index >= 15 is 0 Å². The zero-order valence-corrected chi connectivity index (χ0v) is 14.3. The first kappa shape index (κ1) is 16.2. The van der Waals surface area contributed by atoms with Crippen molar-refractivity contribution < 1.29 is 9.53 Å². The molecule has 0 aliphatic carbocycles. The van der Waals surface area contributed by atoms with E-state index in [1.165, 1.54) is 0 Å². The number of esters is 1. The Balaban J connectivity index is 1.37. The van der Waals surface area contributed by atoms with Gasteiger partial charge in [0, 0.05) is 17.1 Å². The van der Waals surface area contributed by atoms with Gasteiger partial charge >= 0.3 is 5.97 Å². The fourth-order valence-corrected chi connectivity index (χ4v) is 3.10. The number of hydrogen-bond donors (Lipinski definition) is 1. The average Bonchev–Trinajstić information content (AvgIpc) is 3.11. The van der Waals surface area contributed by atoms with E-state index in [0.717, 1.165) is 27.6 Å². The van der Waals surface area contributed by atoms with Crippen LogP contribution >= 0.6 is 0 Å². The minimum atomic E-state index is -0.220. The van der Waals surface area contributed by atoms with Crippen LogP contribution in [-0.4, -0.2) is 11.0 Å². The Kier molecular flexibility index (Phi) is 4.52. The van der Waals surface area contributed by atoms with Gasteiger partial charge in [-0.1, -0.05) is 60.7 Å². The van der Waals surface area contributed by atoms with Crippen molar-refractivity contribution in [3.05, 3.63) is 90.6 Å².